The van der Waals surface area contributed by atoms with E-state index in [1.807, 2.05) is 31.2 Å². The van der Waals surface area contributed by atoms with Gasteiger partial charge in [0.15, 0.2) is 0 Å². The van der Waals surface area contributed by atoms with Crippen molar-refractivity contribution in [3.63, 3.8) is 0 Å². The van der Waals surface area contributed by atoms with Crippen LogP contribution in [-0.2, 0) is 0 Å². The van der Waals surface area contributed by atoms with Gasteiger partial charge in [-0.1, -0.05) is 35.4 Å². The smallest absolute Gasteiger partial charge is 0.321 e. The summed E-state index contributed by atoms with van der Waals surface area (Å²) in [5, 5.41) is 6.50. The van der Waals surface area contributed by atoms with E-state index in [0.717, 1.165) is 18.4 Å². The molecule has 1 fully saturated rings. The van der Waals surface area contributed by atoms with Crippen LogP contribution in [0.3, 0.4) is 0 Å². The molecule has 0 bridgehead atoms. The van der Waals surface area contributed by atoms with E-state index in [4.69, 9.17) is 11.6 Å². The van der Waals surface area contributed by atoms with E-state index in [0.29, 0.717) is 29.4 Å². The fourth-order valence-corrected chi connectivity index (χ4v) is 3.24. The maximum Gasteiger partial charge on any atom is 0.321 e. The summed E-state index contributed by atoms with van der Waals surface area (Å²) < 4.78 is 0. The van der Waals surface area contributed by atoms with Gasteiger partial charge < -0.3 is 15.5 Å². The van der Waals surface area contributed by atoms with Crippen LogP contribution in [0.15, 0.2) is 48.5 Å². The van der Waals surface area contributed by atoms with Gasteiger partial charge in [-0.2, -0.15) is 0 Å². The van der Waals surface area contributed by atoms with Crippen molar-refractivity contribution in [2.45, 2.75) is 25.8 Å². The molecule has 2 aromatic carbocycles. The van der Waals surface area contributed by atoms with Gasteiger partial charge in [0.2, 0.25) is 0 Å². The Morgan fingerprint density at radius 3 is 2.50 bits per heavy atom. The first-order chi connectivity index (χ1) is 12.5. The van der Waals surface area contributed by atoms with Gasteiger partial charge in [-0.05, 0) is 50.1 Å². The fraction of sp³-hybridized carbons (Fsp3) is 0.300. The lowest BCUT2D eigenvalue weighted by Crippen LogP contribution is -2.47. The number of amides is 3. The van der Waals surface area contributed by atoms with Crippen LogP contribution in [0.2, 0.25) is 5.02 Å². The van der Waals surface area contributed by atoms with Gasteiger partial charge in [0, 0.05) is 35.4 Å². The monoisotopic (exact) mass is 371 g/mol. The Morgan fingerprint density at radius 2 is 1.81 bits per heavy atom. The molecule has 3 amide bonds. The van der Waals surface area contributed by atoms with E-state index in [2.05, 4.69) is 10.6 Å². The molecule has 0 atom stereocenters. The lowest BCUT2D eigenvalue weighted by molar-refractivity contribution is 0.0919. The molecule has 0 saturated carbocycles. The Morgan fingerprint density at radius 1 is 1.08 bits per heavy atom. The number of anilines is 1. The van der Waals surface area contributed by atoms with Crippen LogP contribution in [-0.4, -0.2) is 36.0 Å². The van der Waals surface area contributed by atoms with Crippen molar-refractivity contribution in [1.82, 2.24) is 10.2 Å². The fourth-order valence-electron chi connectivity index (χ4n) is 3.05. The van der Waals surface area contributed by atoms with E-state index in [1.54, 1.807) is 29.2 Å². The second-order valence-electron chi connectivity index (χ2n) is 6.54. The Balaban J connectivity index is 1.49. The second kappa shape index (κ2) is 8.23. The first-order valence-corrected chi connectivity index (χ1v) is 9.08. The normalized spacial score (nSPS) is 14.8. The van der Waals surface area contributed by atoms with Crippen LogP contribution >= 0.6 is 11.6 Å². The maximum absolute atomic E-state index is 12.4. The Hall–Kier alpha value is -2.53. The number of urea groups is 1. The molecular weight excluding hydrogens is 350 g/mol. The summed E-state index contributed by atoms with van der Waals surface area (Å²) >= 11 is 5.94. The summed E-state index contributed by atoms with van der Waals surface area (Å²) in [6, 6.07) is 14.6. The number of benzene rings is 2. The first-order valence-electron chi connectivity index (χ1n) is 8.70. The molecule has 1 saturated heterocycles. The molecule has 0 radical (unpaired) electrons. The van der Waals surface area contributed by atoms with Crippen LogP contribution in [0, 0.1) is 6.92 Å². The summed E-state index contributed by atoms with van der Waals surface area (Å²) in [7, 11) is 0. The van der Waals surface area contributed by atoms with E-state index in [-0.39, 0.29) is 18.0 Å². The number of carbonyl (C=O) groups is 2. The number of hydrogen-bond donors (Lipinski definition) is 2. The van der Waals surface area contributed by atoms with Gasteiger partial charge in [0.1, 0.15) is 0 Å². The van der Waals surface area contributed by atoms with E-state index in [1.165, 1.54) is 0 Å². The zero-order chi connectivity index (χ0) is 18.5. The molecule has 0 aromatic heterocycles. The number of piperidine rings is 1. The zero-order valence-electron chi connectivity index (χ0n) is 14.7. The standard InChI is InChI=1S/C20H22ClN3O2/c1-14-4-2-5-15(12-14)19(25)22-17-8-10-24(11-9-17)20(26)23-18-7-3-6-16(21)13-18/h2-7,12-13,17H,8-11H2,1H3,(H,22,25)(H,23,26). The number of likely N-dealkylation sites (tertiary alicyclic amines) is 1. The van der Waals surface area contributed by atoms with Crippen molar-refractivity contribution in [1.29, 1.82) is 0 Å². The second-order valence-corrected chi connectivity index (χ2v) is 6.98. The minimum absolute atomic E-state index is 0.0597. The Bertz CT molecular complexity index is 801. The summed E-state index contributed by atoms with van der Waals surface area (Å²) in [5.74, 6) is -0.0597. The molecular formula is C20H22ClN3O2. The number of hydrogen-bond acceptors (Lipinski definition) is 2. The van der Waals surface area contributed by atoms with Crippen LogP contribution in [0.4, 0.5) is 10.5 Å². The van der Waals surface area contributed by atoms with Gasteiger partial charge in [0.05, 0.1) is 0 Å². The van der Waals surface area contributed by atoms with Gasteiger partial charge in [-0.3, -0.25) is 4.79 Å². The van der Waals surface area contributed by atoms with Crippen LogP contribution in [0.1, 0.15) is 28.8 Å². The Kier molecular flexibility index (Phi) is 5.78. The first kappa shape index (κ1) is 18.3. The highest BCUT2D eigenvalue weighted by Gasteiger charge is 2.24. The highest BCUT2D eigenvalue weighted by Crippen LogP contribution is 2.17. The molecule has 2 N–H and O–H groups in total. The number of rotatable bonds is 3. The number of nitrogens with zero attached hydrogens (tertiary/aromatic N) is 1. The highest BCUT2D eigenvalue weighted by molar-refractivity contribution is 6.30. The van der Waals surface area contributed by atoms with Gasteiger partial charge >= 0.3 is 6.03 Å². The number of halogens is 1. The quantitative estimate of drug-likeness (QED) is 0.854. The van der Waals surface area contributed by atoms with Crippen molar-refractivity contribution in [3.8, 4) is 0 Å². The minimum Gasteiger partial charge on any atom is -0.349 e. The van der Waals surface area contributed by atoms with Gasteiger partial charge in [-0.15, -0.1) is 0 Å². The zero-order valence-corrected chi connectivity index (χ0v) is 15.4. The van der Waals surface area contributed by atoms with Crippen LogP contribution in [0.25, 0.3) is 0 Å². The molecule has 5 nitrogen and oxygen atoms in total. The number of aryl methyl sites for hydroxylation is 1. The molecule has 3 rings (SSSR count). The summed E-state index contributed by atoms with van der Waals surface area (Å²) in [4.78, 5) is 26.4. The van der Waals surface area contributed by atoms with Crippen LogP contribution < -0.4 is 10.6 Å². The molecule has 0 spiro atoms. The van der Waals surface area contributed by atoms with Gasteiger partial charge in [-0.25, -0.2) is 4.79 Å². The molecule has 2 aromatic rings. The molecule has 1 aliphatic heterocycles. The van der Waals surface area contributed by atoms with Crippen molar-refractivity contribution in [2.24, 2.45) is 0 Å². The lowest BCUT2D eigenvalue weighted by Gasteiger charge is -2.32. The minimum atomic E-state index is -0.143. The molecule has 26 heavy (non-hydrogen) atoms. The highest BCUT2D eigenvalue weighted by atomic mass is 35.5. The summed E-state index contributed by atoms with van der Waals surface area (Å²) in [6.45, 7) is 3.17. The molecule has 136 valence electrons. The largest absolute Gasteiger partial charge is 0.349 e. The third-order valence-electron chi connectivity index (χ3n) is 4.47. The summed E-state index contributed by atoms with van der Waals surface area (Å²) in [6.07, 6.45) is 1.47. The topological polar surface area (TPSA) is 61.4 Å². The van der Waals surface area contributed by atoms with Crippen molar-refractivity contribution in [3.05, 3.63) is 64.7 Å². The molecule has 6 heteroatoms. The summed E-state index contributed by atoms with van der Waals surface area (Å²) in [5.41, 5.74) is 2.41. The predicted molar refractivity (Wildman–Crippen MR) is 104 cm³/mol. The number of carbonyl (C=O) groups excluding carboxylic acids is 2. The average Bonchev–Trinajstić information content (AvgIpc) is 2.62. The third-order valence-corrected chi connectivity index (χ3v) is 4.71. The van der Waals surface area contributed by atoms with Crippen LogP contribution in [0.5, 0.6) is 0 Å². The van der Waals surface area contributed by atoms with E-state index < -0.39 is 0 Å². The number of nitrogens with one attached hydrogen (secondary N) is 2. The SMILES string of the molecule is Cc1cccc(C(=O)NC2CCN(C(=O)Nc3cccc(Cl)c3)CC2)c1. The molecule has 0 aliphatic carbocycles. The third kappa shape index (κ3) is 4.76. The lowest BCUT2D eigenvalue weighted by atomic mass is 10.0. The average molecular weight is 372 g/mol. The van der Waals surface area contributed by atoms with Gasteiger partial charge in [0.25, 0.3) is 5.91 Å². The molecule has 1 heterocycles. The molecule has 0 unspecified atom stereocenters. The van der Waals surface area contributed by atoms with E-state index >= 15 is 0 Å². The van der Waals surface area contributed by atoms with Crippen molar-refractivity contribution >= 4 is 29.2 Å². The Labute approximate surface area is 158 Å². The van der Waals surface area contributed by atoms with Crippen molar-refractivity contribution < 1.29 is 9.59 Å². The maximum atomic E-state index is 12.4. The molecule has 1 aliphatic rings. The van der Waals surface area contributed by atoms with Crippen molar-refractivity contribution in [2.75, 3.05) is 18.4 Å². The van der Waals surface area contributed by atoms with E-state index in [9.17, 15) is 9.59 Å². The predicted octanol–water partition coefficient (Wildman–Crippen LogP) is 4.07.